The number of sulfone groups is 1. The van der Waals surface area contributed by atoms with Crippen molar-refractivity contribution >= 4 is 15.8 Å². The first-order valence-electron chi connectivity index (χ1n) is 8.54. The smallest absolute Gasteiger partial charge is 0.303 e. The molecule has 0 aliphatic heterocycles. The van der Waals surface area contributed by atoms with E-state index in [-0.39, 0.29) is 39.1 Å². The first-order chi connectivity index (χ1) is 13.5. The zero-order valence-corrected chi connectivity index (χ0v) is 16.3. The van der Waals surface area contributed by atoms with Crippen LogP contribution >= 0.6 is 0 Å². The van der Waals surface area contributed by atoms with E-state index >= 15 is 4.39 Å². The monoisotopic (exact) mass is 423 g/mol. The van der Waals surface area contributed by atoms with Crippen molar-refractivity contribution in [1.29, 1.82) is 5.26 Å². The van der Waals surface area contributed by atoms with Gasteiger partial charge in [0.1, 0.15) is 12.0 Å². The van der Waals surface area contributed by atoms with E-state index in [1.807, 2.05) is 0 Å². The highest BCUT2D eigenvalue weighted by Gasteiger charge is 2.41. The Labute approximate surface area is 165 Å². The van der Waals surface area contributed by atoms with E-state index in [9.17, 15) is 22.0 Å². The Balaban J connectivity index is 2.21. The van der Waals surface area contributed by atoms with Crippen LogP contribution in [0, 0.1) is 17.1 Å². The molecular formula is C20H16F3NO4S. The largest absolute Gasteiger partial charge is 0.454 e. The molecule has 0 radical (unpaired) electrons. The van der Waals surface area contributed by atoms with E-state index in [2.05, 4.69) is 0 Å². The van der Waals surface area contributed by atoms with Gasteiger partial charge in [-0.25, -0.2) is 21.6 Å². The number of carbonyl (C=O) groups is 1. The third kappa shape index (κ3) is 3.98. The lowest BCUT2D eigenvalue weighted by Crippen LogP contribution is -2.17. The number of hydrogen-bond acceptors (Lipinski definition) is 5. The molecule has 152 valence electrons. The third-order valence-corrected chi connectivity index (χ3v) is 5.83. The van der Waals surface area contributed by atoms with Crippen molar-refractivity contribution < 1.29 is 31.1 Å². The molecule has 0 saturated heterocycles. The van der Waals surface area contributed by atoms with Crippen LogP contribution in [0.2, 0.25) is 0 Å². The van der Waals surface area contributed by atoms with Crippen molar-refractivity contribution in [2.24, 2.45) is 0 Å². The number of fused-ring (bicyclic) bond motifs is 1. The van der Waals surface area contributed by atoms with E-state index in [0.717, 1.165) is 37.4 Å². The number of rotatable bonds is 4. The highest BCUT2D eigenvalue weighted by Crippen LogP contribution is 2.45. The lowest BCUT2D eigenvalue weighted by molar-refractivity contribution is -0.149. The molecule has 9 heteroatoms. The minimum atomic E-state index is -3.83. The van der Waals surface area contributed by atoms with Crippen LogP contribution in [0.5, 0.6) is 0 Å². The van der Waals surface area contributed by atoms with Crippen molar-refractivity contribution in [3.8, 4) is 6.07 Å². The molecule has 0 bridgehead atoms. The molecule has 0 fully saturated rings. The molecule has 0 N–H and O–H groups in total. The summed E-state index contributed by atoms with van der Waals surface area (Å²) in [7, 11) is -3.83. The standard InChI is InChI=1S/C20H16F3NO4S/c1-10(25)28-20-16(22)8-15-14(3-4-17(18(15)20)29(2,26)27)19(23)12-5-11(9-24)6-13(21)7-12/h3-7,16,19-20H,8H2,1-2H3/t16-,19+,20+/m0/s1. The number of halogens is 3. The van der Waals surface area contributed by atoms with Crippen molar-refractivity contribution in [3.05, 3.63) is 64.0 Å². The summed E-state index contributed by atoms with van der Waals surface area (Å²) < 4.78 is 73.0. The molecule has 5 nitrogen and oxygen atoms in total. The van der Waals surface area contributed by atoms with Gasteiger partial charge in [-0.15, -0.1) is 0 Å². The Morgan fingerprint density at radius 1 is 1.31 bits per heavy atom. The number of ether oxygens (including phenoxy) is 1. The van der Waals surface area contributed by atoms with Gasteiger partial charge in [0.25, 0.3) is 0 Å². The number of benzene rings is 2. The maximum atomic E-state index is 15.3. The van der Waals surface area contributed by atoms with Gasteiger partial charge in [-0.05, 0) is 41.0 Å². The lowest BCUT2D eigenvalue weighted by atomic mass is 9.94. The molecule has 3 rings (SSSR count). The summed E-state index contributed by atoms with van der Waals surface area (Å²) in [4.78, 5) is 11.1. The van der Waals surface area contributed by atoms with Gasteiger partial charge >= 0.3 is 5.97 Å². The minimum Gasteiger partial charge on any atom is -0.454 e. The van der Waals surface area contributed by atoms with Gasteiger partial charge < -0.3 is 4.74 Å². The topological polar surface area (TPSA) is 84.2 Å². The Morgan fingerprint density at radius 3 is 2.59 bits per heavy atom. The molecule has 0 aromatic heterocycles. The van der Waals surface area contributed by atoms with Crippen LogP contribution in [0.15, 0.2) is 35.2 Å². The number of carbonyl (C=O) groups excluding carboxylic acids is 1. The molecule has 0 amide bonds. The van der Waals surface area contributed by atoms with Gasteiger partial charge in [-0.2, -0.15) is 5.26 Å². The van der Waals surface area contributed by atoms with Gasteiger partial charge in [0.2, 0.25) is 0 Å². The Bertz CT molecular complexity index is 1140. The van der Waals surface area contributed by atoms with Gasteiger partial charge in [-0.1, -0.05) is 6.07 Å². The van der Waals surface area contributed by atoms with Crippen molar-refractivity contribution in [1.82, 2.24) is 0 Å². The number of nitrogens with zero attached hydrogens (tertiary/aromatic N) is 1. The van der Waals surface area contributed by atoms with Crippen molar-refractivity contribution in [2.45, 2.75) is 36.7 Å². The van der Waals surface area contributed by atoms with Crippen molar-refractivity contribution in [2.75, 3.05) is 6.26 Å². The summed E-state index contributed by atoms with van der Waals surface area (Å²) in [6.07, 6.45) is -4.64. The third-order valence-electron chi connectivity index (χ3n) is 4.67. The zero-order chi connectivity index (χ0) is 21.5. The first-order valence-corrected chi connectivity index (χ1v) is 10.4. The Hall–Kier alpha value is -2.86. The molecular weight excluding hydrogens is 407 g/mol. The van der Waals surface area contributed by atoms with Crippen LogP contribution in [-0.2, 0) is 25.8 Å². The second kappa shape index (κ2) is 7.52. The van der Waals surface area contributed by atoms with E-state index < -0.39 is 40.1 Å². The van der Waals surface area contributed by atoms with Crippen LogP contribution in [0.4, 0.5) is 13.2 Å². The second-order valence-corrected chi connectivity index (χ2v) is 8.80. The lowest BCUT2D eigenvalue weighted by Gasteiger charge is -2.19. The molecule has 3 atom stereocenters. The number of hydrogen-bond donors (Lipinski definition) is 0. The molecule has 0 unspecified atom stereocenters. The number of esters is 1. The van der Waals surface area contributed by atoms with Gasteiger partial charge in [-0.3, -0.25) is 4.79 Å². The summed E-state index contributed by atoms with van der Waals surface area (Å²) in [5, 5.41) is 8.97. The number of nitriles is 1. The molecule has 0 saturated carbocycles. The zero-order valence-electron chi connectivity index (χ0n) is 15.4. The molecule has 1 aliphatic carbocycles. The van der Waals surface area contributed by atoms with E-state index in [4.69, 9.17) is 10.00 Å². The Kier molecular flexibility index (Phi) is 5.41. The van der Waals surface area contributed by atoms with Crippen LogP contribution in [0.3, 0.4) is 0 Å². The fourth-order valence-corrected chi connectivity index (χ4v) is 4.51. The molecule has 0 spiro atoms. The number of alkyl halides is 2. The van der Waals surface area contributed by atoms with E-state index in [0.29, 0.717) is 0 Å². The summed E-state index contributed by atoms with van der Waals surface area (Å²) in [5.41, 5.74) is -0.371. The second-order valence-electron chi connectivity index (χ2n) is 6.82. The SMILES string of the molecule is CC(=O)O[C@H]1c2c(S(C)(=O)=O)ccc([C@H](F)c3cc(F)cc(C#N)c3)c2C[C@@H]1F. The van der Waals surface area contributed by atoms with E-state index in [1.54, 1.807) is 6.07 Å². The summed E-state index contributed by atoms with van der Waals surface area (Å²) >= 11 is 0. The molecule has 1 aliphatic rings. The van der Waals surface area contributed by atoms with Crippen LogP contribution in [-0.4, -0.2) is 26.8 Å². The Morgan fingerprint density at radius 2 is 2.00 bits per heavy atom. The van der Waals surface area contributed by atoms with Gasteiger partial charge in [0, 0.05) is 25.2 Å². The summed E-state index contributed by atoms with van der Waals surface area (Å²) in [6.45, 7) is 1.06. The quantitative estimate of drug-likeness (QED) is 0.701. The molecule has 0 heterocycles. The fraction of sp³-hybridized carbons (Fsp3) is 0.300. The average molecular weight is 423 g/mol. The predicted molar refractivity (Wildman–Crippen MR) is 96.7 cm³/mol. The summed E-state index contributed by atoms with van der Waals surface area (Å²) in [6, 6.07) is 7.06. The van der Waals surface area contributed by atoms with Crippen LogP contribution in [0.25, 0.3) is 0 Å². The maximum Gasteiger partial charge on any atom is 0.303 e. The summed E-state index contributed by atoms with van der Waals surface area (Å²) in [5.74, 6) is -1.62. The fourth-order valence-electron chi connectivity index (χ4n) is 3.56. The average Bonchev–Trinajstić information content (AvgIpc) is 2.94. The molecule has 2 aromatic rings. The van der Waals surface area contributed by atoms with Gasteiger partial charge in [0.05, 0.1) is 16.5 Å². The minimum absolute atomic E-state index is 0.0574. The normalized spacial score (nSPS) is 19.3. The van der Waals surface area contributed by atoms with Gasteiger partial charge in [0.15, 0.2) is 22.1 Å². The first kappa shape index (κ1) is 20.9. The highest BCUT2D eigenvalue weighted by atomic mass is 32.2. The highest BCUT2D eigenvalue weighted by molar-refractivity contribution is 7.90. The van der Waals surface area contributed by atoms with Crippen LogP contribution < -0.4 is 0 Å². The maximum absolute atomic E-state index is 15.3. The van der Waals surface area contributed by atoms with Crippen LogP contribution in [0.1, 0.15) is 47.0 Å². The predicted octanol–water partition coefficient (Wildman–Crippen LogP) is 3.66. The molecule has 29 heavy (non-hydrogen) atoms. The van der Waals surface area contributed by atoms with Crippen molar-refractivity contribution in [3.63, 3.8) is 0 Å². The molecule has 2 aromatic carbocycles. The van der Waals surface area contributed by atoms with E-state index in [1.165, 1.54) is 6.07 Å².